The van der Waals surface area contributed by atoms with E-state index in [1.165, 1.54) is 16.7 Å². The topological polar surface area (TPSA) is 17.1 Å². The Bertz CT molecular complexity index is 569. The summed E-state index contributed by atoms with van der Waals surface area (Å²) in [5.74, 6) is 0.308. The standard InChI is InChI=1S/C17H16O/c18-17-9-5-4-8-15-12-14(10-11-16(15)17)13-6-2-1-3-7-13/h1-3,6-7,10-12H,4-5,8-9H2. The van der Waals surface area contributed by atoms with E-state index in [1.807, 2.05) is 24.3 Å². The van der Waals surface area contributed by atoms with E-state index in [2.05, 4.69) is 24.3 Å². The Balaban J connectivity index is 2.06. The average molecular weight is 236 g/mol. The van der Waals surface area contributed by atoms with Gasteiger partial charge in [-0.1, -0.05) is 48.5 Å². The molecule has 0 N–H and O–H groups in total. The van der Waals surface area contributed by atoms with E-state index in [0.29, 0.717) is 12.2 Å². The fraction of sp³-hybridized carbons (Fsp3) is 0.235. The first-order valence-electron chi connectivity index (χ1n) is 6.56. The SMILES string of the molecule is O=C1CCCCc2cc(-c3ccccc3)ccc21. The predicted octanol–water partition coefficient (Wildman–Crippen LogP) is 4.26. The van der Waals surface area contributed by atoms with Crippen LogP contribution < -0.4 is 0 Å². The van der Waals surface area contributed by atoms with E-state index in [9.17, 15) is 4.79 Å². The highest BCUT2D eigenvalue weighted by molar-refractivity contribution is 5.98. The number of carbonyl (C=O) groups is 1. The molecular formula is C17H16O. The molecule has 0 saturated heterocycles. The molecule has 0 atom stereocenters. The molecule has 2 aromatic carbocycles. The van der Waals surface area contributed by atoms with E-state index in [0.717, 1.165) is 24.8 Å². The molecule has 0 spiro atoms. The van der Waals surface area contributed by atoms with Gasteiger partial charge in [0.2, 0.25) is 0 Å². The molecule has 0 unspecified atom stereocenters. The lowest BCUT2D eigenvalue weighted by Gasteiger charge is -2.08. The van der Waals surface area contributed by atoms with Crippen molar-refractivity contribution in [3.8, 4) is 11.1 Å². The Morgan fingerprint density at radius 1 is 0.778 bits per heavy atom. The van der Waals surface area contributed by atoms with E-state index in [-0.39, 0.29) is 0 Å². The molecule has 1 nitrogen and oxygen atoms in total. The quantitative estimate of drug-likeness (QED) is 0.676. The van der Waals surface area contributed by atoms with Gasteiger partial charge in [0.15, 0.2) is 5.78 Å². The second kappa shape index (κ2) is 4.77. The zero-order valence-electron chi connectivity index (χ0n) is 10.4. The Labute approximate surface area is 107 Å². The number of carbonyl (C=O) groups excluding carboxylic acids is 1. The maximum absolute atomic E-state index is 12.0. The number of rotatable bonds is 1. The minimum atomic E-state index is 0.308. The van der Waals surface area contributed by atoms with Gasteiger partial charge in [-0.3, -0.25) is 4.79 Å². The number of ketones is 1. The summed E-state index contributed by atoms with van der Waals surface area (Å²) >= 11 is 0. The Morgan fingerprint density at radius 3 is 2.39 bits per heavy atom. The highest BCUT2D eigenvalue weighted by Crippen LogP contribution is 2.26. The molecular weight excluding hydrogens is 220 g/mol. The first kappa shape index (κ1) is 11.2. The molecule has 0 aromatic heterocycles. The van der Waals surface area contributed by atoms with Crippen LogP contribution in [0.1, 0.15) is 35.2 Å². The minimum absolute atomic E-state index is 0.308. The summed E-state index contributed by atoms with van der Waals surface area (Å²) in [7, 11) is 0. The molecule has 0 bridgehead atoms. The largest absolute Gasteiger partial charge is 0.294 e. The van der Waals surface area contributed by atoms with Crippen molar-refractivity contribution in [3.63, 3.8) is 0 Å². The highest BCUT2D eigenvalue weighted by Gasteiger charge is 2.15. The van der Waals surface area contributed by atoms with Gasteiger partial charge in [-0.05, 0) is 36.0 Å². The van der Waals surface area contributed by atoms with Crippen LogP contribution in [0.3, 0.4) is 0 Å². The summed E-state index contributed by atoms with van der Waals surface area (Å²) in [5.41, 5.74) is 4.59. The molecule has 0 fully saturated rings. The van der Waals surface area contributed by atoms with Gasteiger partial charge < -0.3 is 0 Å². The van der Waals surface area contributed by atoms with Gasteiger partial charge >= 0.3 is 0 Å². The third-order valence-electron chi connectivity index (χ3n) is 3.61. The molecule has 0 aliphatic heterocycles. The third kappa shape index (κ3) is 2.08. The van der Waals surface area contributed by atoms with Gasteiger partial charge in [0.25, 0.3) is 0 Å². The number of aryl methyl sites for hydroxylation is 1. The van der Waals surface area contributed by atoms with E-state index in [4.69, 9.17) is 0 Å². The van der Waals surface area contributed by atoms with E-state index in [1.54, 1.807) is 0 Å². The Hall–Kier alpha value is -1.89. The highest BCUT2D eigenvalue weighted by atomic mass is 16.1. The molecule has 18 heavy (non-hydrogen) atoms. The molecule has 3 rings (SSSR count). The van der Waals surface area contributed by atoms with Gasteiger partial charge in [-0.2, -0.15) is 0 Å². The van der Waals surface area contributed by atoms with Gasteiger partial charge in [-0.15, -0.1) is 0 Å². The monoisotopic (exact) mass is 236 g/mol. The van der Waals surface area contributed by atoms with Crippen molar-refractivity contribution >= 4 is 5.78 Å². The van der Waals surface area contributed by atoms with Crippen LogP contribution >= 0.6 is 0 Å². The van der Waals surface area contributed by atoms with E-state index < -0.39 is 0 Å². The minimum Gasteiger partial charge on any atom is -0.294 e. The van der Waals surface area contributed by atoms with Crippen molar-refractivity contribution in [1.82, 2.24) is 0 Å². The number of fused-ring (bicyclic) bond motifs is 1. The van der Waals surface area contributed by atoms with Gasteiger partial charge in [-0.25, -0.2) is 0 Å². The number of benzene rings is 2. The van der Waals surface area contributed by atoms with Crippen LogP contribution in [0, 0.1) is 0 Å². The first-order valence-corrected chi connectivity index (χ1v) is 6.56. The molecule has 90 valence electrons. The smallest absolute Gasteiger partial charge is 0.163 e. The molecule has 0 saturated carbocycles. The lowest BCUT2D eigenvalue weighted by Crippen LogP contribution is -2.00. The van der Waals surface area contributed by atoms with Gasteiger partial charge in [0, 0.05) is 12.0 Å². The van der Waals surface area contributed by atoms with Gasteiger partial charge in [0.1, 0.15) is 0 Å². The molecule has 0 heterocycles. The van der Waals surface area contributed by atoms with Crippen LogP contribution in [-0.4, -0.2) is 5.78 Å². The second-order valence-corrected chi connectivity index (χ2v) is 4.87. The van der Waals surface area contributed by atoms with E-state index >= 15 is 0 Å². The fourth-order valence-electron chi connectivity index (χ4n) is 2.62. The normalized spacial score (nSPS) is 15.0. The zero-order valence-corrected chi connectivity index (χ0v) is 10.4. The molecule has 1 aliphatic rings. The van der Waals surface area contributed by atoms with Crippen LogP contribution in [0.15, 0.2) is 48.5 Å². The predicted molar refractivity (Wildman–Crippen MR) is 73.8 cm³/mol. The summed E-state index contributed by atoms with van der Waals surface area (Å²) in [4.78, 5) is 12.0. The van der Waals surface area contributed by atoms with Crippen molar-refractivity contribution in [2.75, 3.05) is 0 Å². The second-order valence-electron chi connectivity index (χ2n) is 4.87. The van der Waals surface area contributed by atoms with Crippen molar-refractivity contribution in [2.45, 2.75) is 25.7 Å². The summed E-state index contributed by atoms with van der Waals surface area (Å²) in [6.45, 7) is 0. The summed E-state index contributed by atoms with van der Waals surface area (Å²) in [6, 6.07) is 16.6. The molecule has 1 heteroatoms. The lowest BCUT2D eigenvalue weighted by molar-refractivity contribution is 0.0982. The number of hydrogen-bond acceptors (Lipinski definition) is 1. The summed E-state index contributed by atoms with van der Waals surface area (Å²) < 4.78 is 0. The van der Waals surface area contributed by atoms with Crippen molar-refractivity contribution in [3.05, 3.63) is 59.7 Å². The molecule has 2 aromatic rings. The third-order valence-corrected chi connectivity index (χ3v) is 3.61. The maximum atomic E-state index is 12.0. The number of Topliss-reactive ketones (excluding diaryl/α,β-unsaturated/α-hetero) is 1. The average Bonchev–Trinajstić information content (AvgIpc) is 2.61. The van der Waals surface area contributed by atoms with Crippen LogP contribution in [0.5, 0.6) is 0 Å². The Morgan fingerprint density at radius 2 is 1.56 bits per heavy atom. The summed E-state index contributed by atoms with van der Waals surface area (Å²) in [6.07, 6.45) is 3.88. The zero-order chi connectivity index (χ0) is 12.4. The van der Waals surface area contributed by atoms with Crippen molar-refractivity contribution in [1.29, 1.82) is 0 Å². The lowest BCUT2D eigenvalue weighted by atomic mass is 9.96. The van der Waals surface area contributed by atoms with Crippen LogP contribution in [0.4, 0.5) is 0 Å². The molecule has 0 radical (unpaired) electrons. The van der Waals surface area contributed by atoms with Crippen molar-refractivity contribution < 1.29 is 4.79 Å². The molecule has 1 aliphatic carbocycles. The Kier molecular flexibility index (Phi) is 2.97. The first-order chi connectivity index (χ1) is 8.84. The summed E-state index contributed by atoms with van der Waals surface area (Å²) in [5, 5.41) is 0. The van der Waals surface area contributed by atoms with Crippen LogP contribution in [-0.2, 0) is 6.42 Å². The maximum Gasteiger partial charge on any atom is 0.163 e. The van der Waals surface area contributed by atoms with Crippen molar-refractivity contribution in [2.24, 2.45) is 0 Å². The van der Waals surface area contributed by atoms with Gasteiger partial charge in [0.05, 0.1) is 0 Å². The molecule has 0 amide bonds. The van der Waals surface area contributed by atoms with Crippen LogP contribution in [0.25, 0.3) is 11.1 Å². The number of hydrogen-bond donors (Lipinski definition) is 0. The fourth-order valence-corrected chi connectivity index (χ4v) is 2.62. The van der Waals surface area contributed by atoms with Crippen LogP contribution in [0.2, 0.25) is 0 Å².